The zero-order valence-corrected chi connectivity index (χ0v) is 12.6. The monoisotopic (exact) mass is 326 g/mol. The van der Waals surface area contributed by atoms with Gasteiger partial charge in [-0.15, -0.1) is 11.3 Å². The Bertz CT molecular complexity index is 493. The molecule has 0 spiro atoms. The van der Waals surface area contributed by atoms with Crippen LogP contribution in [0.5, 0.6) is 0 Å². The molecule has 18 heavy (non-hydrogen) atoms. The summed E-state index contributed by atoms with van der Waals surface area (Å²) in [5.41, 5.74) is 5.71. The lowest BCUT2D eigenvalue weighted by Gasteiger charge is -2.21. The van der Waals surface area contributed by atoms with Crippen LogP contribution in [0.4, 0.5) is 11.8 Å². The highest BCUT2D eigenvalue weighted by atomic mass is 79.9. The highest BCUT2D eigenvalue weighted by Gasteiger charge is 2.18. The van der Waals surface area contributed by atoms with Gasteiger partial charge in [-0.3, -0.25) is 0 Å². The summed E-state index contributed by atoms with van der Waals surface area (Å²) in [5, 5.41) is 5.41. The van der Waals surface area contributed by atoms with Crippen LogP contribution in [0.25, 0.3) is 0 Å². The quantitative estimate of drug-likeness (QED) is 0.841. The van der Waals surface area contributed by atoms with Gasteiger partial charge in [0.05, 0.1) is 6.04 Å². The summed E-state index contributed by atoms with van der Waals surface area (Å²) < 4.78 is 0.686. The molecule has 3 N–H and O–H groups in total. The highest BCUT2D eigenvalue weighted by molar-refractivity contribution is 9.10. The van der Waals surface area contributed by atoms with Gasteiger partial charge in [-0.2, -0.15) is 4.98 Å². The van der Waals surface area contributed by atoms with E-state index < -0.39 is 0 Å². The molecule has 4 nitrogen and oxygen atoms in total. The Hall–Kier alpha value is -1.14. The molecule has 2 aromatic rings. The number of rotatable bonds is 4. The van der Waals surface area contributed by atoms with Crippen molar-refractivity contribution in [1.82, 2.24) is 9.97 Å². The Morgan fingerprint density at radius 2 is 2.17 bits per heavy atom. The molecule has 0 aliphatic rings. The molecule has 0 fully saturated rings. The second kappa shape index (κ2) is 5.67. The van der Waals surface area contributed by atoms with Crippen LogP contribution >= 0.6 is 27.3 Å². The normalized spacial score (nSPS) is 12.7. The molecule has 0 radical (unpaired) electrons. The number of nitrogens with two attached hydrogens (primary N) is 1. The van der Waals surface area contributed by atoms with Crippen LogP contribution < -0.4 is 11.1 Å². The third-order valence-corrected chi connectivity index (χ3v) is 3.88. The lowest BCUT2D eigenvalue weighted by atomic mass is 10.0. The van der Waals surface area contributed by atoms with Crippen molar-refractivity contribution in [2.45, 2.75) is 19.9 Å². The Morgan fingerprint density at radius 3 is 2.72 bits per heavy atom. The summed E-state index contributed by atoms with van der Waals surface area (Å²) in [4.78, 5) is 9.75. The van der Waals surface area contributed by atoms with Gasteiger partial charge in [-0.05, 0) is 33.3 Å². The van der Waals surface area contributed by atoms with Crippen LogP contribution in [0, 0.1) is 5.92 Å². The summed E-state index contributed by atoms with van der Waals surface area (Å²) in [6.07, 6.45) is 0. The number of aromatic nitrogens is 2. The molecule has 1 atom stereocenters. The molecule has 2 rings (SSSR count). The molecular formula is C12H15BrN4S. The first-order chi connectivity index (χ1) is 8.56. The van der Waals surface area contributed by atoms with E-state index >= 15 is 0 Å². The Morgan fingerprint density at radius 1 is 1.39 bits per heavy atom. The predicted octanol–water partition coefficient (Wildman–Crippen LogP) is 3.69. The van der Waals surface area contributed by atoms with Crippen LogP contribution in [0.1, 0.15) is 24.8 Å². The maximum Gasteiger partial charge on any atom is 0.226 e. The van der Waals surface area contributed by atoms with Gasteiger partial charge in [0.25, 0.3) is 0 Å². The molecule has 6 heteroatoms. The molecule has 2 aromatic heterocycles. The third-order valence-electron chi connectivity index (χ3n) is 2.52. The van der Waals surface area contributed by atoms with E-state index in [0.29, 0.717) is 22.3 Å². The first kappa shape index (κ1) is 13.3. The molecule has 0 aliphatic carbocycles. The second-order valence-electron chi connectivity index (χ2n) is 4.32. The van der Waals surface area contributed by atoms with Crippen LogP contribution in [0.15, 0.2) is 28.2 Å². The van der Waals surface area contributed by atoms with E-state index in [1.54, 1.807) is 17.4 Å². The van der Waals surface area contributed by atoms with Crippen molar-refractivity contribution in [3.63, 3.8) is 0 Å². The standard InChI is InChI=1S/C12H15BrN4S/c1-7(2)11(8-4-3-5-18-8)17-12-15-9(13)6-10(14)16-12/h3-7,11H,1-2H3,(H3,14,15,16,17). The Kier molecular flexibility index (Phi) is 4.19. The largest absolute Gasteiger partial charge is 0.383 e. The predicted molar refractivity (Wildman–Crippen MR) is 79.7 cm³/mol. The zero-order chi connectivity index (χ0) is 13.1. The molecule has 0 bridgehead atoms. The van der Waals surface area contributed by atoms with Gasteiger partial charge in [-0.25, -0.2) is 4.98 Å². The number of thiophene rings is 1. The third kappa shape index (κ3) is 3.20. The van der Waals surface area contributed by atoms with Gasteiger partial charge >= 0.3 is 0 Å². The van der Waals surface area contributed by atoms with Crippen molar-refractivity contribution in [3.05, 3.63) is 33.1 Å². The van der Waals surface area contributed by atoms with Crippen molar-refractivity contribution in [1.29, 1.82) is 0 Å². The minimum absolute atomic E-state index is 0.193. The van der Waals surface area contributed by atoms with Crippen molar-refractivity contribution in [2.75, 3.05) is 11.1 Å². The first-order valence-electron chi connectivity index (χ1n) is 5.66. The molecule has 96 valence electrons. The number of nitrogens with one attached hydrogen (secondary N) is 1. The van der Waals surface area contributed by atoms with Crippen molar-refractivity contribution in [3.8, 4) is 0 Å². The average Bonchev–Trinajstić information content (AvgIpc) is 2.77. The lowest BCUT2D eigenvalue weighted by molar-refractivity contribution is 0.550. The van der Waals surface area contributed by atoms with E-state index in [1.807, 2.05) is 6.07 Å². The Labute approximate surface area is 119 Å². The fourth-order valence-electron chi connectivity index (χ4n) is 1.67. The van der Waals surface area contributed by atoms with Crippen LogP contribution in [0.3, 0.4) is 0 Å². The molecule has 0 aliphatic heterocycles. The van der Waals surface area contributed by atoms with Gasteiger partial charge in [0.15, 0.2) is 0 Å². The number of nitrogens with zero attached hydrogens (tertiary/aromatic N) is 2. The molecule has 2 heterocycles. The molecule has 0 aromatic carbocycles. The van der Waals surface area contributed by atoms with Crippen molar-refractivity contribution < 1.29 is 0 Å². The first-order valence-corrected chi connectivity index (χ1v) is 7.33. The summed E-state index contributed by atoms with van der Waals surface area (Å²) in [5.74, 6) is 1.44. The zero-order valence-electron chi connectivity index (χ0n) is 10.2. The number of hydrogen-bond acceptors (Lipinski definition) is 5. The van der Waals surface area contributed by atoms with E-state index in [9.17, 15) is 0 Å². The summed E-state index contributed by atoms with van der Waals surface area (Å²) in [7, 11) is 0. The second-order valence-corrected chi connectivity index (χ2v) is 6.11. The number of nitrogen functional groups attached to an aromatic ring is 1. The van der Waals surface area contributed by atoms with E-state index in [2.05, 4.69) is 56.5 Å². The summed E-state index contributed by atoms with van der Waals surface area (Å²) >= 11 is 5.05. The minimum atomic E-state index is 0.193. The summed E-state index contributed by atoms with van der Waals surface area (Å²) in [6.45, 7) is 4.33. The molecule has 0 amide bonds. The maximum absolute atomic E-state index is 5.71. The average molecular weight is 327 g/mol. The Balaban J connectivity index is 2.24. The number of anilines is 2. The number of hydrogen-bond donors (Lipinski definition) is 2. The van der Waals surface area contributed by atoms with Gasteiger partial charge in [0, 0.05) is 10.9 Å². The van der Waals surface area contributed by atoms with E-state index in [4.69, 9.17) is 5.73 Å². The topological polar surface area (TPSA) is 63.8 Å². The fraction of sp³-hybridized carbons (Fsp3) is 0.333. The SMILES string of the molecule is CC(C)C(Nc1nc(N)cc(Br)n1)c1cccs1. The molecule has 0 saturated heterocycles. The highest BCUT2D eigenvalue weighted by Crippen LogP contribution is 2.29. The van der Waals surface area contributed by atoms with Gasteiger partial charge in [0.1, 0.15) is 10.4 Å². The van der Waals surface area contributed by atoms with Gasteiger partial charge in [-0.1, -0.05) is 19.9 Å². The minimum Gasteiger partial charge on any atom is -0.383 e. The number of halogens is 1. The van der Waals surface area contributed by atoms with E-state index in [0.717, 1.165) is 0 Å². The van der Waals surface area contributed by atoms with Crippen molar-refractivity contribution in [2.24, 2.45) is 5.92 Å². The lowest BCUT2D eigenvalue weighted by Crippen LogP contribution is -2.17. The molecule has 0 saturated carbocycles. The van der Waals surface area contributed by atoms with Crippen molar-refractivity contribution >= 4 is 39.0 Å². The van der Waals surface area contributed by atoms with Crippen LogP contribution in [0.2, 0.25) is 0 Å². The van der Waals surface area contributed by atoms with Crippen LogP contribution in [-0.4, -0.2) is 9.97 Å². The van der Waals surface area contributed by atoms with Gasteiger partial charge < -0.3 is 11.1 Å². The van der Waals surface area contributed by atoms with E-state index in [1.165, 1.54) is 4.88 Å². The van der Waals surface area contributed by atoms with Crippen LogP contribution in [-0.2, 0) is 0 Å². The summed E-state index contributed by atoms with van der Waals surface area (Å²) in [6, 6.07) is 6.04. The van der Waals surface area contributed by atoms with Gasteiger partial charge in [0.2, 0.25) is 5.95 Å². The van der Waals surface area contributed by atoms with E-state index in [-0.39, 0.29) is 6.04 Å². The molecular weight excluding hydrogens is 312 g/mol. The maximum atomic E-state index is 5.71. The fourth-order valence-corrected chi connectivity index (χ4v) is 3.02. The molecule has 1 unspecified atom stereocenters. The smallest absolute Gasteiger partial charge is 0.226 e.